The standard InChI is InChI=1S/C14H20N2O/c1-12(17)5-3-9-16-10-4-7-14(16)13-6-2-8-15-11-13/h2,6,8,11,14H,3-5,7,9-10H2,1H3. The molecule has 0 radical (unpaired) electrons. The minimum Gasteiger partial charge on any atom is -0.300 e. The van der Waals surface area contributed by atoms with Crippen molar-refractivity contribution in [2.45, 2.75) is 38.6 Å². The number of hydrogen-bond acceptors (Lipinski definition) is 3. The van der Waals surface area contributed by atoms with Gasteiger partial charge in [-0.15, -0.1) is 0 Å². The number of carbonyl (C=O) groups excluding carboxylic acids is 1. The molecule has 2 heterocycles. The van der Waals surface area contributed by atoms with E-state index in [1.54, 1.807) is 6.92 Å². The number of Topliss-reactive ketones (excluding diaryl/α,β-unsaturated/α-hetero) is 1. The smallest absolute Gasteiger partial charge is 0.129 e. The van der Waals surface area contributed by atoms with E-state index >= 15 is 0 Å². The lowest BCUT2D eigenvalue weighted by Crippen LogP contribution is -2.24. The van der Waals surface area contributed by atoms with Crippen molar-refractivity contribution in [2.75, 3.05) is 13.1 Å². The third kappa shape index (κ3) is 3.37. The van der Waals surface area contributed by atoms with Gasteiger partial charge in [-0.1, -0.05) is 6.07 Å². The number of hydrogen-bond donors (Lipinski definition) is 0. The second-order valence-electron chi connectivity index (χ2n) is 4.79. The van der Waals surface area contributed by atoms with Crippen molar-refractivity contribution >= 4 is 5.78 Å². The minimum atomic E-state index is 0.294. The molecule has 92 valence electrons. The molecular formula is C14H20N2O. The molecule has 0 N–H and O–H groups in total. The number of ketones is 1. The summed E-state index contributed by atoms with van der Waals surface area (Å²) in [7, 11) is 0. The van der Waals surface area contributed by atoms with Crippen molar-refractivity contribution in [1.29, 1.82) is 0 Å². The van der Waals surface area contributed by atoms with E-state index < -0.39 is 0 Å². The molecule has 0 aromatic carbocycles. The molecule has 0 saturated carbocycles. The third-order valence-corrected chi connectivity index (χ3v) is 3.41. The van der Waals surface area contributed by atoms with Crippen molar-refractivity contribution in [3.05, 3.63) is 30.1 Å². The van der Waals surface area contributed by atoms with Gasteiger partial charge < -0.3 is 4.79 Å². The molecule has 1 aliphatic heterocycles. The van der Waals surface area contributed by atoms with E-state index in [1.807, 2.05) is 18.5 Å². The molecular weight excluding hydrogens is 212 g/mol. The Balaban J connectivity index is 1.91. The maximum absolute atomic E-state index is 10.9. The number of aromatic nitrogens is 1. The summed E-state index contributed by atoms with van der Waals surface area (Å²) in [5.74, 6) is 0.294. The number of pyridine rings is 1. The molecule has 0 spiro atoms. The van der Waals surface area contributed by atoms with E-state index in [0.29, 0.717) is 18.2 Å². The van der Waals surface area contributed by atoms with Gasteiger partial charge in [0, 0.05) is 24.9 Å². The molecule has 1 unspecified atom stereocenters. The Morgan fingerprint density at radius 1 is 1.59 bits per heavy atom. The first-order valence-electron chi connectivity index (χ1n) is 6.41. The highest BCUT2D eigenvalue weighted by Crippen LogP contribution is 2.31. The molecule has 0 bridgehead atoms. The van der Waals surface area contributed by atoms with Crippen LogP contribution in [0.2, 0.25) is 0 Å². The molecule has 17 heavy (non-hydrogen) atoms. The van der Waals surface area contributed by atoms with Crippen LogP contribution in [0.3, 0.4) is 0 Å². The molecule has 1 saturated heterocycles. The Bertz CT molecular complexity index is 364. The Hall–Kier alpha value is -1.22. The quantitative estimate of drug-likeness (QED) is 0.782. The van der Waals surface area contributed by atoms with E-state index in [9.17, 15) is 4.79 Å². The van der Waals surface area contributed by atoms with Crippen molar-refractivity contribution in [3.63, 3.8) is 0 Å². The maximum Gasteiger partial charge on any atom is 0.129 e. The summed E-state index contributed by atoms with van der Waals surface area (Å²) >= 11 is 0. The molecule has 2 rings (SSSR count). The van der Waals surface area contributed by atoms with Crippen LogP contribution in [0.1, 0.15) is 44.2 Å². The lowest BCUT2D eigenvalue weighted by molar-refractivity contribution is -0.117. The predicted octanol–water partition coefficient (Wildman–Crippen LogP) is 2.59. The molecule has 1 aromatic rings. The summed E-state index contributed by atoms with van der Waals surface area (Å²) in [5, 5.41) is 0. The SMILES string of the molecule is CC(=O)CCCN1CCCC1c1cccnc1. The molecule has 1 fully saturated rings. The van der Waals surface area contributed by atoms with Crippen LogP contribution in [0, 0.1) is 0 Å². The lowest BCUT2D eigenvalue weighted by Gasteiger charge is -2.24. The van der Waals surface area contributed by atoms with Crippen LogP contribution in [0.25, 0.3) is 0 Å². The zero-order chi connectivity index (χ0) is 12.1. The average Bonchev–Trinajstić information content (AvgIpc) is 2.78. The zero-order valence-corrected chi connectivity index (χ0v) is 10.4. The molecule has 0 aliphatic carbocycles. The van der Waals surface area contributed by atoms with Crippen molar-refractivity contribution in [3.8, 4) is 0 Å². The second kappa shape index (κ2) is 5.92. The molecule has 3 heteroatoms. The van der Waals surface area contributed by atoms with E-state index in [1.165, 1.54) is 18.4 Å². The third-order valence-electron chi connectivity index (χ3n) is 3.41. The zero-order valence-electron chi connectivity index (χ0n) is 10.4. The fourth-order valence-corrected chi connectivity index (χ4v) is 2.58. The van der Waals surface area contributed by atoms with Gasteiger partial charge in [0.25, 0.3) is 0 Å². The number of carbonyl (C=O) groups is 1. The Morgan fingerprint density at radius 3 is 3.18 bits per heavy atom. The second-order valence-corrected chi connectivity index (χ2v) is 4.79. The van der Waals surface area contributed by atoms with Crippen LogP contribution in [-0.2, 0) is 4.79 Å². The van der Waals surface area contributed by atoms with Gasteiger partial charge in [-0.05, 0) is 50.9 Å². The molecule has 3 nitrogen and oxygen atoms in total. The first-order valence-corrected chi connectivity index (χ1v) is 6.41. The summed E-state index contributed by atoms with van der Waals surface area (Å²) < 4.78 is 0. The fourth-order valence-electron chi connectivity index (χ4n) is 2.58. The number of likely N-dealkylation sites (tertiary alicyclic amines) is 1. The van der Waals surface area contributed by atoms with Gasteiger partial charge >= 0.3 is 0 Å². The monoisotopic (exact) mass is 232 g/mol. The van der Waals surface area contributed by atoms with Gasteiger partial charge in [-0.25, -0.2) is 0 Å². The Labute approximate surface area is 103 Å². The fraction of sp³-hybridized carbons (Fsp3) is 0.571. The Morgan fingerprint density at radius 2 is 2.47 bits per heavy atom. The van der Waals surface area contributed by atoms with Crippen molar-refractivity contribution < 1.29 is 4.79 Å². The van der Waals surface area contributed by atoms with Crippen LogP contribution in [0.15, 0.2) is 24.5 Å². The number of rotatable bonds is 5. The van der Waals surface area contributed by atoms with Crippen LogP contribution >= 0.6 is 0 Å². The maximum atomic E-state index is 10.9. The van der Waals surface area contributed by atoms with Gasteiger partial charge in [0.05, 0.1) is 0 Å². The van der Waals surface area contributed by atoms with E-state index in [2.05, 4.69) is 16.0 Å². The lowest BCUT2D eigenvalue weighted by atomic mass is 10.1. The molecule has 0 amide bonds. The summed E-state index contributed by atoms with van der Waals surface area (Å²) in [6.45, 7) is 3.85. The van der Waals surface area contributed by atoms with Crippen LogP contribution in [0.4, 0.5) is 0 Å². The topological polar surface area (TPSA) is 33.2 Å². The van der Waals surface area contributed by atoms with Crippen molar-refractivity contribution in [1.82, 2.24) is 9.88 Å². The van der Waals surface area contributed by atoms with E-state index in [0.717, 1.165) is 19.5 Å². The van der Waals surface area contributed by atoms with Crippen LogP contribution < -0.4 is 0 Å². The van der Waals surface area contributed by atoms with Crippen LogP contribution in [-0.4, -0.2) is 28.8 Å². The highest BCUT2D eigenvalue weighted by molar-refractivity contribution is 5.75. The van der Waals surface area contributed by atoms with Gasteiger partial charge in [0.2, 0.25) is 0 Å². The largest absolute Gasteiger partial charge is 0.300 e. The predicted molar refractivity (Wildman–Crippen MR) is 67.7 cm³/mol. The van der Waals surface area contributed by atoms with Gasteiger partial charge in [0.1, 0.15) is 5.78 Å². The normalized spacial score (nSPS) is 20.6. The van der Waals surface area contributed by atoms with Crippen molar-refractivity contribution in [2.24, 2.45) is 0 Å². The summed E-state index contributed by atoms with van der Waals surface area (Å²) in [6.07, 6.45) is 7.93. The van der Waals surface area contributed by atoms with E-state index in [4.69, 9.17) is 0 Å². The first kappa shape index (κ1) is 12.2. The van der Waals surface area contributed by atoms with Gasteiger partial charge in [-0.2, -0.15) is 0 Å². The average molecular weight is 232 g/mol. The molecule has 1 atom stereocenters. The molecule has 1 aliphatic rings. The minimum absolute atomic E-state index is 0.294. The summed E-state index contributed by atoms with van der Waals surface area (Å²) in [4.78, 5) is 17.6. The first-order chi connectivity index (χ1) is 8.27. The van der Waals surface area contributed by atoms with Gasteiger partial charge in [0.15, 0.2) is 0 Å². The highest BCUT2D eigenvalue weighted by Gasteiger charge is 2.25. The summed E-state index contributed by atoms with van der Waals surface area (Å²) in [5.41, 5.74) is 1.31. The number of nitrogens with zero attached hydrogens (tertiary/aromatic N) is 2. The Kier molecular flexibility index (Phi) is 4.26. The van der Waals surface area contributed by atoms with Gasteiger partial charge in [-0.3, -0.25) is 9.88 Å². The molecule has 1 aromatic heterocycles. The van der Waals surface area contributed by atoms with Crippen LogP contribution in [0.5, 0.6) is 0 Å². The van der Waals surface area contributed by atoms with E-state index in [-0.39, 0.29) is 0 Å². The highest BCUT2D eigenvalue weighted by atomic mass is 16.1. The summed E-state index contributed by atoms with van der Waals surface area (Å²) in [6, 6.07) is 4.66.